The zero-order valence-electron chi connectivity index (χ0n) is 14.7. The van der Waals surface area contributed by atoms with Crippen LogP contribution in [0.3, 0.4) is 0 Å². The van der Waals surface area contributed by atoms with E-state index in [1.54, 1.807) is 0 Å². The van der Waals surface area contributed by atoms with Crippen molar-refractivity contribution in [2.24, 2.45) is 5.14 Å². The molecular formula is C17H16ClFN2O6S. The van der Waals surface area contributed by atoms with Gasteiger partial charge in [-0.1, -0.05) is 11.6 Å². The number of ether oxygens (including phenoxy) is 2. The lowest BCUT2D eigenvalue weighted by molar-refractivity contribution is -0.123. The third-order valence-corrected chi connectivity index (χ3v) is 4.79. The number of benzene rings is 2. The SMILES string of the molecule is COc1ccc(S(N)(=O)=O)cc1C(=O)OC(C)C(=O)Nc1ccc(F)cc1Cl. The van der Waals surface area contributed by atoms with Crippen LogP contribution >= 0.6 is 11.6 Å². The van der Waals surface area contributed by atoms with Crippen molar-refractivity contribution in [3.63, 3.8) is 0 Å². The first-order chi connectivity index (χ1) is 13.0. The molecule has 0 fully saturated rings. The Morgan fingerprint density at radius 3 is 2.46 bits per heavy atom. The van der Waals surface area contributed by atoms with E-state index in [4.69, 9.17) is 26.2 Å². The maximum atomic E-state index is 13.1. The van der Waals surface area contributed by atoms with Gasteiger partial charge in [-0.05, 0) is 43.3 Å². The fraction of sp³-hybridized carbons (Fsp3) is 0.176. The molecule has 0 saturated carbocycles. The Kier molecular flexibility index (Phi) is 6.60. The van der Waals surface area contributed by atoms with Gasteiger partial charge < -0.3 is 14.8 Å². The Bertz CT molecular complexity index is 1030. The van der Waals surface area contributed by atoms with E-state index < -0.39 is 33.8 Å². The zero-order valence-corrected chi connectivity index (χ0v) is 16.3. The molecule has 1 amide bonds. The molecule has 0 bridgehead atoms. The molecule has 1 unspecified atom stereocenters. The van der Waals surface area contributed by atoms with Crippen molar-refractivity contribution in [1.82, 2.24) is 0 Å². The lowest BCUT2D eigenvalue weighted by Crippen LogP contribution is -2.30. The number of halogens is 2. The summed E-state index contributed by atoms with van der Waals surface area (Å²) in [5, 5.41) is 7.42. The van der Waals surface area contributed by atoms with Crippen LogP contribution in [0.5, 0.6) is 5.75 Å². The van der Waals surface area contributed by atoms with Crippen molar-refractivity contribution in [1.29, 1.82) is 0 Å². The molecule has 150 valence electrons. The summed E-state index contributed by atoms with van der Waals surface area (Å²) in [5.41, 5.74) is -0.0988. The van der Waals surface area contributed by atoms with Crippen molar-refractivity contribution in [3.8, 4) is 5.75 Å². The van der Waals surface area contributed by atoms with E-state index in [1.807, 2.05) is 0 Å². The minimum Gasteiger partial charge on any atom is -0.496 e. The van der Waals surface area contributed by atoms with Gasteiger partial charge in [-0.25, -0.2) is 22.7 Å². The molecule has 0 spiro atoms. The van der Waals surface area contributed by atoms with Gasteiger partial charge in [0.15, 0.2) is 6.10 Å². The van der Waals surface area contributed by atoms with Crippen molar-refractivity contribution in [2.75, 3.05) is 12.4 Å². The number of amides is 1. The number of hydrogen-bond donors (Lipinski definition) is 2. The molecule has 0 heterocycles. The van der Waals surface area contributed by atoms with Gasteiger partial charge in [0, 0.05) is 0 Å². The number of anilines is 1. The molecule has 2 rings (SSSR count). The van der Waals surface area contributed by atoms with Crippen LogP contribution in [0.15, 0.2) is 41.3 Å². The summed E-state index contributed by atoms with van der Waals surface area (Å²) < 4.78 is 46.1. The molecule has 2 aromatic rings. The van der Waals surface area contributed by atoms with Crippen LogP contribution < -0.4 is 15.2 Å². The van der Waals surface area contributed by atoms with E-state index in [1.165, 1.54) is 26.2 Å². The van der Waals surface area contributed by atoms with E-state index in [9.17, 15) is 22.4 Å². The summed E-state index contributed by atoms with van der Waals surface area (Å²) in [7, 11) is -2.79. The van der Waals surface area contributed by atoms with Crippen LogP contribution in [0.1, 0.15) is 17.3 Å². The fourth-order valence-corrected chi connectivity index (χ4v) is 2.88. The van der Waals surface area contributed by atoms with Crippen LogP contribution in [-0.2, 0) is 19.6 Å². The lowest BCUT2D eigenvalue weighted by Gasteiger charge is -2.15. The number of rotatable bonds is 6. The highest BCUT2D eigenvalue weighted by atomic mass is 35.5. The first kappa shape index (κ1) is 21.6. The third-order valence-electron chi connectivity index (χ3n) is 3.56. The maximum Gasteiger partial charge on any atom is 0.342 e. The molecule has 0 radical (unpaired) electrons. The average molecular weight is 431 g/mol. The van der Waals surface area contributed by atoms with Crippen LogP contribution in [0.2, 0.25) is 5.02 Å². The summed E-state index contributed by atoms with van der Waals surface area (Å²) in [6.07, 6.45) is -1.28. The summed E-state index contributed by atoms with van der Waals surface area (Å²) in [5.74, 6) is -2.28. The number of carbonyl (C=O) groups is 2. The van der Waals surface area contributed by atoms with Gasteiger partial charge in [0.25, 0.3) is 5.91 Å². The molecule has 2 aromatic carbocycles. The summed E-state index contributed by atoms with van der Waals surface area (Å²) >= 11 is 5.83. The quantitative estimate of drug-likeness (QED) is 0.677. The van der Waals surface area contributed by atoms with Crippen molar-refractivity contribution in [2.45, 2.75) is 17.9 Å². The Labute approximate surface area is 165 Å². The van der Waals surface area contributed by atoms with Crippen molar-refractivity contribution < 1.29 is 31.9 Å². The Balaban J connectivity index is 2.18. The molecule has 0 aliphatic rings. The fourth-order valence-electron chi connectivity index (χ4n) is 2.13. The Morgan fingerprint density at radius 1 is 1.21 bits per heavy atom. The predicted molar refractivity (Wildman–Crippen MR) is 99.3 cm³/mol. The number of sulfonamides is 1. The predicted octanol–water partition coefficient (Wildman–Crippen LogP) is 2.32. The molecular weight excluding hydrogens is 415 g/mol. The Hall–Kier alpha value is -2.69. The van der Waals surface area contributed by atoms with E-state index in [2.05, 4.69) is 5.32 Å². The van der Waals surface area contributed by atoms with Crippen molar-refractivity contribution in [3.05, 3.63) is 52.8 Å². The van der Waals surface area contributed by atoms with Gasteiger partial charge in [0.2, 0.25) is 10.0 Å². The summed E-state index contributed by atoms with van der Waals surface area (Å²) in [6.45, 7) is 1.29. The number of nitrogens with one attached hydrogen (secondary N) is 1. The summed E-state index contributed by atoms with van der Waals surface area (Å²) in [6, 6.07) is 6.75. The number of carbonyl (C=O) groups excluding carboxylic acids is 2. The highest BCUT2D eigenvalue weighted by molar-refractivity contribution is 7.89. The zero-order chi connectivity index (χ0) is 21.1. The number of methoxy groups -OCH3 is 1. The highest BCUT2D eigenvalue weighted by Gasteiger charge is 2.24. The minimum absolute atomic E-state index is 0.0330. The van der Waals surface area contributed by atoms with E-state index in [0.29, 0.717) is 0 Å². The van der Waals surface area contributed by atoms with E-state index >= 15 is 0 Å². The normalized spacial score (nSPS) is 12.2. The molecule has 28 heavy (non-hydrogen) atoms. The maximum absolute atomic E-state index is 13.1. The monoisotopic (exact) mass is 430 g/mol. The number of esters is 1. The van der Waals surface area contributed by atoms with Gasteiger partial charge in [-0.3, -0.25) is 4.79 Å². The lowest BCUT2D eigenvalue weighted by atomic mass is 10.2. The molecule has 11 heteroatoms. The molecule has 8 nitrogen and oxygen atoms in total. The number of nitrogens with two attached hydrogens (primary N) is 1. The number of primary sulfonamides is 1. The van der Waals surface area contributed by atoms with E-state index in [0.717, 1.165) is 24.3 Å². The van der Waals surface area contributed by atoms with Gasteiger partial charge >= 0.3 is 5.97 Å². The highest BCUT2D eigenvalue weighted by Crippen LogP contribution is 2.25. The van der Waals surface area contributed by atoms with Gasteiger partial charge in [0.05, 0.1) is 22.7 Å². The summed E-state index contributed by atoms with van der Waals surface area (Å²) in [4.78, 5) is 24.3. The van der Waals surface area contributed by atoms with Crippen molar-refractivity contribution >= 4 is 39.2 Å². The largest absolute Gasteiger partial charge is 0.496 e. The molecule has 0 saturated heterocycles. The molecule has 0 aromatic heterocycles. The molecule has 3 N–H and O–H groups in total. The molecule has 0 aliphatic heterocycles. The number of hydrogen-bond acceptors (Lipinski definition) is 6. The second kappa shape index (κ2) is 8.55. The first-order valence-electron chi connectivity index (χ1n) is 7.70. The first-order valence-corrected chi connectivity index (χ1v) is 9.63. The van der Waals surface area contributed by atoms with Crippen LogP contribution in [-0.4, -0.2) is 33.5 Å². The van der Waals surface area contributed by atoms with Crippen LogP contribution in [0.25, 0.3) is 0 Å². The standard InChI is InChI=1S/C17H16ClFN2O6S/c1-9(16(22)21-14-5-3-10(19)7-13(14)18)27-17(23)12-8-11(28(20,24)25)4-6-15(12)26-2/h3-9H,1-2H3,(H,21,22)(H2,20,24,25). The topological polar surface area (TPSA) is 125 Å². The third kappa shape index (κ3) is 5.18. The Morgan fingerprint density at radius 2 is 1.89 bits per heavy atom. The van der Waals surface area contributed by atoms with Gasteiger partial charge in [0.1, 0.15) is 17.1 Å². The second-order valence-corrected chi connectivity index (χ2v) is 7.54. The van der Waals surface area contributed by atoms with Crippen LogP contribution in [0.4, 0.5) is 10.1 Å². The van der Waals surface area contributed by atoms with Crippen LogP contribution in [0, 0.1) is 5.82 Å². The smallest absolute Gasteiger partial charge is 0.342 e. The minimum atomic E-state index is -4.07. The molecule has 1 atom stereocenters. The van der Waals surface area contributed by atoms with Gasteiger partial charge in [-0.15, -0.1) is 0 Å². The van der Waals surface area contributed by atoms with E-state index in [-0.39, 0.29) is 26.9 Å². The average Bonchev–Trinajstić information content (AvgIpc) is 2.62. The second-order valence-electron chi connectivity index (χ2n) is 5.57. The van der Waals surface area contributed by atoms with Gasteiger partial charge in [-0.2, -0.15) is 0 Å². The molecule has 0 aliphatic carbocycles.